The first-order valence-corrected chi connectivity index (χ1v) is 7.50. The van der Waals surface area contributed by atoms with E-state index in [4.69, 9.17) is 0 Å². The number of para-hydroxylation sites is 1. The van der Waals surface area contributed by atoms with Crippen molar-refractivity contribution >= 4 is 17.5 Å². The lowest BCUT2D eigenvalue weighted by Crippen LogP contribution is -3.05. The van der Waals surface area contributed by atoms with E-state index < -0.39 is 0 Å². The predicted molar refractivity (Wildman–Crippen MR) is 82.2 cm³/mol. The quantitative estimate of drug-likeness (QED) is 0.706. The topological polar surface area (TPSA) is 53.9 Å². The minimum absolute atomic E-state index is 0.00413. The summed E-state index contributed by atoms with van der Waals surface area (Å²) in [5.74, 6) is -0.209. The summed E-state index contributed by atoms with van der Waals surface area (Å²) >= 11 is 0. The van der Waals surface area contributed by atoms with Crippen LogP contribution in [0.25, 0.3) is 0 Å². The van der Waals surface area contributed by atoms with E-state index in [1.54, 1.807) is 4.90 Å². The molecule has 114 valence electrons. The fourth-order valence-electron chi connectivity index (χ4n) is 2.54. The zero-order chi connectivity index (χ0) is 15.2. The lowest BCUT2D eigenvalue weighted by atomic mass is 10.1. The van der Waals surface area contributed by atoms with Crippen LogP contribution in [-0.2, 0) is 9.59 Å². The van der Waals surface area contributed by atoms with Gasteiger partial charge in [0.2, 0.25) is 11.8 Å². The largest absolute Gasteiger partial charge is 0.356 e. The third kappa shape index (κ3) is 4.29. The Morgan fingerprint density at radius 1 is 1.33 bits per heavy atom. The molecule has 2 rings (SSSR count). The number of carbonyl (C=O) groups excluding carboxylic acids is 2. The number of hydrogen-bond acceptors (Lipinski definition) is 2. The van der Waals surface area contributed by atoms with Gasteiger partial charge in [0.05, 0.1) is 26.6 Å². The first-order valence-electron chi connectivity index (χ1n) is 7.50. The van der Waals surface area contributed by atoms with Crippen LogP contribution < -0.4 is 15.1 Å². The van der Waals surface area contributed by atoms with Crippen LogP contribution in [0.5, 0.6) is 0 Å². The van der Waals surface area contributed by atoms with E-state index in [-0.39, 0.29) is 17.7 Å². The van der Waals surface area contributed by atoms with E-state index >= 15 is 0 Å². The van der Waals surface area contributed by atoms with Gasteiger partial charge >= 0.3 is 0 Å². The van der Waals surface area contributed by atoms with Crippen molar-refractivity contribution in [3.8, 4) is 0 Å². The van der Waals surface area contributed by atoms with Crippen LogP contribution >= 0.6 is 0 Å². The highest BCUT2D eigenvalue weighted by atomic mass is 16.2. The van der Waals surface area contributed by atoms with E-state index in [1.807, 2.05) is 30.3 Å². The molecule has 5 heteroatoms. The Balaban J connectivity index is 1.83. The minimum Gasteiger partial charge on any atom is -0.356 e. The average molecular weight is 290 g/mol. The van der Waals surface area contributed by atoms with Crippen molar-refractivity contribution in [1.82, 2.24) is 5.32 Å². The van der Waals surface area contributed by atoms with E-state index in [0.29, 0.717) is 19.5 Å². The Morgan fingerprint density at radius 3 is 2.71 bits per heavy atom. The van der Waals surface area contributed by atoms with Crippen LogP contribution in [0.2, 0.25) is 0 Å². The molecule has 2 amide bonds. The van der Waals surface area contributed by atoms with Crippen molar-refractivity contribution in [2.24, 2.45) is 5.92 Å². The van der Waals surface area contributed by atoms with E-state index in [9.17, 15) is 9.59 Å². The molecule has 1 aliphatic rings. The predicted octanol–water partition coefficient (Wildman–Crippen LogP) is -0.310. The van der Waals surface area contributed by atoms with Gasteiger partial charge in [-0.25, -0.2) is 0 Å². The first-order chi connectivity index (χ1) is 10.1. The molecular formula is C16H24N3O2+. The van der Waals surface area contributed by atoms with Crippen LogP contribution in [0.3, 0.4) is 0 Å². The SMILES string of the molecule is C[NH+](C)CCCNC(=O)[C@@H]1CC(=O)N(c2ccccc2)C1. The molecule has 21 heavy (non-hydrogen) atoms. The number of nitrogens with one attached hydrogen (secondary N) is 2. The molecule has 0 spiro atoms. The molecule has 1 aromatic carbocycles. The van der Waals surface area contributed by atoms with E-state index in [0.717, 1.165) is 18.7 Å². The smallest absolute Gasteiger partial charge is 0.227 e. The van der Waals surface area contributed by atoms with Crippen molar-refractivity contribution in [3.05, 3.63) is 30.3 Å². The standard InChI is InChI=1S/C16H23N3O2/c1-18(2)10-6-9-17-16(21)13-11-15(20)19(12-13)14-7-4-3-5-8-14/h3-5,7-8,13H,6,9-12H2,1-2H3,(H,17,21)/p+1/t13-/m1/s1. The number of hydrogen-bond donors (Lipinski definition) is 2. The average Bonchev–Trinajstić information content (AvgIpc) is 2.86. The summed E-state index contributed by atoms with van der Waals surface area (Å²) in [7, 11) is 4.18. The number of amides is 2. The molecule has 1 aromatic rings. The first kappa shape index (κ1) is 15.5. The fourth-order valence-corrected chi connectivity index (χ4v) is 2.54. The Kier molecular flexibility index (Phi) is 5.33. The highest BCUT2D eigenvalue weighted by molar-refractivity contribution is 6.00. The minimum atomic E-state index is -0.232. The summed E-state index contributed by atoms with van der Waals surface area (Å²) in [4.78, 5) is 27.2. The maximum absolute atomic E-state index is 12.1. The van der Waals surface area contributed by atoms with Gasteiger partial charge in [0, 0.05) is 31.6 Å². The monoisotopic (exact) mass is 290 g/mol. The maximum Gasteiger partial charge on any atom is 0.227 e. The summed E-state index contributed by atoms with van der Waals surface area (Å²) in [6, 6.07) is 9.52. The summed E-state index contributed by atoms with van der Waals surface area (Å²) in [6.45, 7) is 2.19. The maximum atomic E-state index is 12.1. The number of anilines is 1. The molecule has 0 saturated carbocycles. The van der Waals surface area contributed by atoms with Crippen molar-refractivity contribution in [2.75, 3.05) is 38.6 Å². The van der Waals surface area contributed by atoms with Gasteiger partial charge in [-0.3, -0.25) is 9.59 Å². The molecule has 0 unspecified atom stereocenters. The zero-order valence-corrected chi connectivity index (χ0v) is 12.8. The van der Waals surface area contributed by atoms with Crippen LogP contribution in [0, 0.1) is 5.92 Å². The van der Waals surface area contributed by atoms with Gasteiger partial charge in [-0.1, -0.05) is 18.2 Å². The molecule has 1 saturated heterocycles. The highest BCUT2D eigenvalue weighted by Gasteiger charge is 2.34. The van der Waals surface area contributed by atoms with Crippen molar-refractivity contribution in [3.63, 3.8) is 0 Å². The second-order valence-corrected chi connectivity index (χ2v) is 5.84. The molecule has 0 aliphatic carbocycles. The number of benzene rings is 1. The van der Waals surface area contributed by atoms with Gasteiger partial charge in [0.25, 0.3) is 0 Å². The third-order valence-electron chi connectivity index (χ3n) is 3.72. The number of quaternary nitrogens is 1. The van der Waals surface area contributed by atoms with Crippen LogP contribution in [0.4, 0.5) is 5.69 Å². The lowest BCUT2D eigenvalue weighted by Gasteiger charge is -2.16. The van der Waals surface area contributed by atoms with Crippen LogP contribution in [0.15, 0.2) is 30.3 Å². The van der Waals surface area contributed by atoms with Gasteiger partial charge in [0.1, 0.15) is 0 Å². The molecule has 1 atom stereocenters. The second kappa shape index (κ2) is 7.22. The summed E-state index contributed by atoms with van der Waals surface area (Å²) < 4.78 is 0. The van der Waals surface area contributed by atoms with Crippen LogP contribution in [0.1, 0.15) is 12.8 Å². The second-order valence-electron chi connectivity index (χ2n) is 5.84. The van der Waals surface area contributed by atoms with Gasteiger partial charge in [-0.2, -0.15) is 0 Å². The van der Waals surface area contributed by atoms with Gasteiger partial charge in [0.15, 0.2) is 0 Å². The number of nitrogens with zero attached hydrogens (tertiary/aromatic N) is 1. The Morgan fingerprint density at radius 2 is 2.05 bits per heavy atom. The van der Waals surface area contributed by atoms with Gasteiger partial charge < -0.3 is 15.1 Å². The summed E-state index contributed by atoms with van der Waals surface area (Å²) in [5, 5.41) is 2.94. The molecule has 0 aromatic heterocycles. The van der Waals surface area contributed by atoms with Crippen molar-refractivity contribution < 1.29 is 14.5 Å². The normalized spacial score (nSPS) is 18.3. The molecule has 2 N–H and O–H groups in total. The third-order valence-corrected chi connectivity index (χ3v) is 3.72. The molecule has 0 bridgehead atoms. The van der Waals surface area contributed by atoms with E-state index in [1.165, 1.54) is 4.90 Å². The number of carbonyl (C=O) groups is 2. The van der Waals surface area contributed by atoms with Crippen molar-refractivity contribution in [2.45, 2.75) is 12.8 Å². The van der Waals surface area contributed by atoms with Gasteiger partial charge in [-0.05, 0) is 12.1 Å². The lowest BCUT2D eigenvalue weighted by molar-refractivity contribution is -0.858. The van der Waals surface area contributed by atoms with Crippen LogP contribution in [-0.4, -0.2) is 45.5 Å². The molecule has 1 fully saturated rings. The fraction of sp³-hybridized carbons (Fsp3) is 0.500. The molecule has 5 nitrogen and oxygen atoms in total. The van der Waals surface area contributed by atoms with E-state index in [2.05, 4.69) is 19.4 Å². The highest BCUT2D eigenvalue weighted by Crippen LogP contribution is 2.24. The summed E-state index contributed by atoms with van der Waals surface area (Å²) in [5.41, 5.74) is 0.869. The van der Waals surface area contributed by atoms with Gasteiger partial charge in [-0.15, -0.1) is 0 Å². The molecular weight excluding hydrogens is 266 g/mol. The molecule has 1 aliphatic heterocycles. The number of rotatable bonds is 6. The zero-order valence-electron chi connectivity index (χ0n) is 12.8. The summed E-state index contributed by atoms with van der Waals surface area (Å²) in [6.07, 6.45) is 1.26. The Bertz CT molecular complexity index is 488. The Hall–Kier alpha value is -1.88. The molecule has 0 radical (unpaired) electrons. The molecule has 1 heterocycles. The van der Waals surface area contributed by atoms with Crippen molar-refractivity contribution in [1.29, 1.82) is 0 Å². The Labute approximate surface area is 125 Å².